The van der Waals surface area contributed by atoms with Crippen LogP contribution in [0.2, 0.25) is 0 Å². The number of hydrogen-bond donors (Lipinski definition) is 2. The van der Waals surface area contributed by atoms with E-state index in [9.17, 15) is 4.79 Å². The predicted molar refractivity (Wildman–Crippen MR) is 140 cm³/mol. The van der Waals surface area contributed by atoms with Gasteiger partial charge in [0.05, 0.1) is 13.1 Å². The van der Waals surface area contributed by atoms with Crippen LogP contribution in [0.25, 0.3) is 11.0 Å². The zero-order valence-electron chi connectivity index (χ0n) is 18.5. The van der Waals surface area contributed by atoms with Crippen LogP contribution >= 0.6 is 24.0 Å². The van der Waals surface area contributed by atoms with Crippen LogP contribution in [-0.2, 0) is 11.3 Å². The van der Waals surface area contributed by atoms with Crippen molar-refractivity contribution >= 4 is 52.5 Å². The summed E-state index contributed by atoms with van der Waals surface area (Å²) in [7, 11) is 1.70. The van der Waals surface area contributed by atoms with Gasteiger partial charge in [0.2, 0.25) is 5.91 Å². The molecule has 8 heteroatoms. The normalized spacial score (nSPS) is 14.2. The van der Waals surface area contributed by atoms with E-state index in [0.29, 0.717) is 12.5 Å². The summed E-state index contributed by atoms with van der Waals surface area (Å²) >= 11 is 0. The molecule has 0 radical (unpaired) electrons. The number of carbonyl (C=O) groups is 1. The van der Waals surface area contributed by atoms with Gasteiger partial charge in [-0.3, -0.25) is 9.79 Å². The maximum Gasteiger partial charge on any atom is 0.242 e. The summed E-state index contributed by atoms with van der Waals surface area (Å²) in [5, 5.41) is 7.48. The summed E-state index contributed by atoms with van der Waals surface area (Å²) in [5.74, 6) is 1.53. The maximum atomic E-state index is 12.7. The minimum atomic E-state index is 0. The molecule has 1 aliphatic heterocycles. The number of benzene rings is 2. The Labute approximate surface area is 205 Å². The number of nitrogens with one attached hydrogen (secondary N) is 2. The molecule has 1 fully saturated rings. The summed E-state index contributed by atoms with van der Waals surface area (Å²) in [6, 6.07) is 18.3. The van der Waals surface area contributed by atoms with Crippen LogP contribution in [0.5, 0.6) is 0 Å². The highest BCUT2D eigenvalue weighted by Gasteiger charge is 2.21. The number of nitrogens with zero attached hydrogens (tertiary/aromatic N) is 3. The Kier molecular flexibility index (Phi) is 8.38. The third kappa shape index (κ3) is 5.53. The zero-order valence-corrected chi connectivity index (χ0v) is 20.8. The molecule has 2 heterocycles. The number of para-hydroxylation sites is 2. The van der Waals surface area contributed by atoms with Crippen LogP contribution in [0.3, 0.4) is 0 Å². The molecule has 1 saturated heterocycles. The molecule has 1 amide bonds. The Morgan fingerprint density at radius 3 is 2.38 bits per heavy atom. The Morgan fingerprint density at radius 1 is 1.00 bits per heavy atom. The molecule has 7 nitrogen and oxygen atoms in total. The molecule has 2 N–H and O–H groups in total. The van der Waals surface area contributed by atoms with Crippen molar-refractivity contribution in [1.29, 1.82) is 0 Å². The van der Waals surface area contributed by atoms with Crippen molar-refractivity contribution in [2.45, 2.75) is 13.5 Å². The molecule has 0 unspecified atom stereocenters. The minimum Gasteiger partial charge on any atom is -0.459 e. The molecule has 2 aromatic carbocycles. The summed E-state index contributed by atoms with van der Waals surface area (Å²) in [4.78, 5) is 21.1. The van der Waals surface area contributed by atoms with Gasteiger partial charge in [0.1, 0.15) is 11.3 Å². The van der Waals surface area contributed by atoms with E-state index in [1.807, 2.05) is 41.3 Å². The van der Waals surface area contributed by atoms with Crippen molar-refractivity contribution in [3.63, 3.8) is 0 Å². The number of anilines is 1. The highest BCUT2D eigenvalue weighted by molar-refractivity contribution is 14.0. The monoisotopic (exact) mass is 547 g/mol. The number of guanidine groups is 1. The highest BCUT2D eigenvalue weighted by atomic mass is 127. The van der Waals surface area contributed by atoms with Gasteiger partial charge in [-0.05, 0) is 25.1 Å². The third-order valence-corrected chi connectivity index (χ3v) is 5.74. The molecule has 1 aliphatic rings. The zero-order chi connectivity index (χ0) is 21.6. The Bertz CT molecular complexity index is 1060. The highest BCUT2D eigenvalue weighted by Crippen LogP contribution is 2.24. The molecule has 32 heavy (non-hydrogen) atoms. The number of fused-ring (bicyclic) bond motifs is 1. The lowest BCUT2D eigenvalue weighted by Crippen LogP contribution is -2.52. The molecule has 1 aromatic heterocycles. The SMILES string of the molecule is CN=C(NCC(=O)N1CCN(c2ccccc2)CC1)NCc1oc2ccccc2c1C.I. The number of carbonyl (C=O) groups excluding carboxylic acids is 1. The fourth-order valence-electron chi connectivity index (χ4n) is 3.90. The van der Waals surface area contributed by atoms with Gasteiger partial charge in [-0.25, -0.2) is 0 Å². The molecule has 4 rings (SSSR count). The number of piperazine rings is 1. The molecule has 0 aliphatic carbocycles. The topological polar surface area (TPSA) is 73.1 Å². The average molecular weight is 547 g/mol. The summed E-state index contributed by atoms with van der Waals surface area (Å²) < 4.78 is 5.94. The van der Waals surface area contributed by atoms with Crippen molar-refractivity contribution in [1.82, 2.24) is 15.5 Å². The number of aliphatic imine (C=N–C) groups is 1. The fraction of sp³-hybridized carbons (Fsp3) is 0.333. The van der Waals surface area contributed by atoms with Crippen molar-refractivity contribution in [3.05, 3.63) is 65.9 Å². The fourth-order valence-corrected chi connectivity index (χ4v) is 3.90. The van der Waals surface area contributed by atoms with E-state index in [4.69, 9.17) is 4.42 Å². The van der Waals surface area contributed by atoms with E-state index in [1.165, 1.54) is 5.69 Å². The predicted octanol–water partition coefficient (Wildman–Crippen LogP) is 3.37. The van der Waals surface area contributed by atoms with E-state index < -0.39 is 0 Å². The van der Waals surface area contributed by atoms with Gasteiger partial charge in [-0.15, -0.1) is 24.0 Å². The number of aryl methyl sites for hydroxylation is 1. The van der Waals surface area contributed by atoms with Crippen molar-refractivity contribution < 1.29 is 9.21 Å². The van der Waals surface area contributed by atoms with Crippen LogP contribution in [0.4, 0.5) is 5.69 Å². The van der Waals surface area contributed by atoms with Crippen LogP contribution in [0.1, 0.15) is 11.3 Å². The second kappa shape index (κ2) is 11.2. The Hall–Kier alpha value is -2.75. The van der Waals surface area contributed by atoms with Crippen LogP contribution in [0, 0.1) is 6.92 Å². The maximum absolute atomic E-state index is 12.7. The van der Waals surface area contributed by atoms with E-state index in [2.05, 4.69) is 45.6 Å². The lowest BCUT2D eigenvalue weighted by atomic mass is 10.1. The first-order valence-electron chi connectivity index (χ1n) is 10.6. The number of rotatable bonds is 5. The first-order valence-corrected chi connectivity index (χ1v) is 10.6. The summed E-state index contributed by atoms with van der Waals surface area (Å²) in [5.41, 5.74) is 3.20. The average Bonchev–Trinajstić information content (AvgIpc) is 3.15. The number of furan rings is 1. The Morgan fingerprint density at radius 2 is 1.69 bits per heavy atom. The van der Waals surface area contributed by atoms with Gasteiger partial charge in [-0.1, -0.05) is 36.4 Å². The van der Waals surface area contributed by atoms with Crippen LogP contribution in [-0.4, -0.2) is 56.5 Å². The first kappa shape index (κ1) is 23.9. The molecule has 3 aromatic rings. The molecular formula is C24H30IN5O2. The van der Waals surface area contributed by atoms with Crippen LogP contribution in [0.15, 0.2) is 64.0 Å². The van der Waals surface area contributed by atoms with E-state index in [1.54, 1.807) is 7.05 Å². The second-order valence-corrected chi connectivity index (χ2v) is 7.63. The van der Waals surface area contributed by atoms with Gasteiger partial charge < -0.3 is 24.9 Å². The first-order chi connectivity index (χ1) is 15.2. The largest absolute Gasteiger partial charge is 0.459 e. The van der Waals surface area contributed by atoms with Crippen LogP contribution < -0.4 is 15.5 Å². The van der Waals surface area contributed by atoms with Gasteiger partial charge >= 0.3 is 0 Å². The molecule has 0 saturated carbocycles. The number of amides is 1. The number of halogens is 1. The van der Waals surface area contributed by atoms with E-state index in [-0.39, 0.29) is 36.4 Å². The van der Waals surface area contributed by atoms with Gasteiger partial charge in [0.25, 0.3) is 0 Å². The minimum absolute atomic E-state index is 0. The van der Waals surface area contributed by atoms with Crippen molar-refractivity contribution in [3.8, 4) is 0 Å². The van der Waals surface area contributed by atoms with Gasteiger partial charge in [-0.2, -0.15) is 0 Å². The van der Waals surface area contributed by atoms with E-state index >= 15 is 0 Å². The Balaban J connectivity index is 0.00000289. The lowest BCUT2D eigenvalue weighted by molar-refractivity contribution is -0.130. The van der Waals surface area contributed by atoms with Crippen molar-refractivity contribution in [2.75, 3.05) is 44.7 Å². The smallest absolute Gasteiger partial charge is 0.242 e. The molecular weight excluding hydrogens is 517 g/mol. The van der Waals surface area contributed by atoms with E-state index in [0.717, 1.165) is 48.5 Å². The molecule has 0 spiro atoms. The van der Waals surface area contributed by atoms with Gasteiger partial charge in [0, 0.05) is 49.9 Å². The molecule has 0 atom stereocenters. The molecule has 0 bridgehead atoms. The third-order valence-electron chi connectivity index (χ3n) is 5.74. The standard InChI is InChI=1S/C24H29N5O2.HI/c1-18-20-10-6-7-11-21(20)31-22(18)16-26-24(25-2)27-17-23(30)29-14-12-28(13-15-29)19-8-4-3-5-9-19;/h3-11H,12-17H2,1-2H3,(H2,25,26,27);1H. The number of hydrogen-bond acceptors (Lipinski definition) is 4. The summed E-state index contributed by atoms with van der Waals surface area (Å²) in [6.07, 6.45) is 0. The second-order valence-electron chi connectivity index (χ2n) is 7.63. The summed E-state index contributed by atoms with van der Waals surface area (Å²) in [6.45, 7) is 5.90. The van der Waals surface area contributed by atoms with Crippen molar-refractivity contribution in [2.24, 2.45) is 4.99 Å². The van der Waals surface area contributed by atoms with Gasteiger partial charge in [0.15, 0.2) is 5.96 Å². The molecule has 170 valence electrons. The lowest BCUT2D eigenvalue weighted by Gasteiger charge is -2.36. The quantitative estimate of drug-likeness (QED) is 0.291.